The first-order valence-electron chi connectivity index (χ1n) is 13.9. The molecule has 2 aliphatic heterocycles. The Balaban J connectivity index is 0.000000922. The Morgan fingerprint density at radius 3 is 1.06 bits per heavy atom. The Labute approximate surface area is 305 Å². The van der Waals surface area contributed by atoms with E-state index in [2.05, 4.69) is 0 Å². The van der Waals surface area contributed by atoms with Gasteiger partial charge in [-0.3, -0.25) is 0 Å². The van der Waals surface area contributed by atoms with Crippen LogP contribution in [-0.2, 0) is 28.5 Å². The number of hydrogen-bond donors (Lipinski definition) is 16. The van der Waals surface area contributed by atoms with Crippen molar-refractivity contribution in [2.24, 2.45) is 0 Å². The molecule has 49 heavy (non-hydrogen) atoms. The van der Waals surface area contributed by atoms with Gasteiger partial charge >= 0.3 is 37.7 Å². The van der Waals surface area contributed by atoms with Crippen molar-refractivity contribution in [3.63, 3.8) is 0 Å². The average Bonchev–Trinajstić information content (AvgIpc) is 3.06. The van der Waals surface area contributed by atoms with Crippen molar-refractivity contribution in [3.8, 4) is 0 Å². The summed E-state index contributed by atoms with van der Waals surface area (Å²) in [5, 5.41) is 171. The minimum absolute atomic E-state index is 0. The summed E-state index contributed by atoms with van der Waals surface area (Å²) in [4.78, 5) is 20.8. The first kappa shape index (κ1) is 48.4. The number of aliphatic hydroxyl groups excluding tert-OH is 16. The molecular weight excluding hydrogens is 712 g/mol. The number of aliphatic hydroxyl groups is 16. The molecule has 0 aromatic heterocycles. The van der Waals surface area contributed by atoms with E-state index in [-0.39, 0.29) is 37.7 Å². The fourth-order valence-corrected chi connectivity index (χ4v) is 4.10. The van der Waals surface area contributed by atoms with E-state index in [0.717, 1.165) is 0 Å². The Hall–Kier alpha value is -0.600. The van der Waals surface area contributed by atoms with Gasteiger partial charge in [0, 0.05) is 0 Å². The molecule has 0 amide bonds. The zero-order valence-electron chi connectivity index (χ0n) is 25.3. The second-order valence-corrected chi connectivity index (χ2v) is 10.7. The molecular formula is C24H42CaO24. The fraction of sp³-hybridized carbons (Fsp3) is 0.917. The van der Waals surface area contributed by atoms with Gasteiger partial charge < -0.3 is 120 Å². The Morgan fingerprint density at radius 1 is 0.531 bits per heavy atom. The molecule has 284 valence electrons. The van der Waals surface area contributed by atoms with Crippen LogP contribution in [0, 0.1) is 0 Å². The molecule has 16 N–H and O–H groups in total. The Kier molecular flexibility index (Phi) is 22.2. The summed E-state index contributed by atoms with van der Waals surface area (Å²) in [5.74, 6) is -4.13. The third kappa shape index (κ3) is 13.4. The number of carbonyl (C=O) groups is 2. The molecule has 0 spiro atoms. The van der Waals surface area contributed by atoms with Gasteiger partial charge in [-0.1, -0.05) is 0 Å². The number of aliphatic carboxylic acids is 2. The van der Waals surface area contributed by atoms with Gasteiger partial charge in [-0.05, 0) is 0 Å². The maximum atomic E-state index is 10.4. The standard InChI is InChI=1S/2C12H22O12.Ca/c2*13-1-4-6(16)8(18)10(20)12(24-4)23-2-3(14)5(15)7(17)9(19)11(21)22;/h2*3-10,12-20H,1-2H2,(H,21,22);/q;;+2/p-2/t2*3-,4-,5-,6-,7+,8+,9-,10-,12+;/m11./s1. The van der Waals surface area contributed by atoms with Crippen LogP contribution in [0.15, 0.2) is 0 Å². The molecule has 2 saturated heterocycles. The average molecular weight is 755 g/mol. The van der Waals surface area contributed by atoms with Crippen molar-refractivity contribution in [3.05, 3.63) is 0 Å². The molecule has 0 radical (unpaired) electrons. The van der Waals surface area contributed by atoms with Crippen LogP contribution in [0.5, 0.6) is 0 Å². The summed E-state index contributed by atoms with van der Waals surface area (Å²) in [7, 11) is 0. The van der Waals surface area contributed by atoms with E-state index in [1.807, 2.05) is 0 Å². The van der Waals surface area contributed by atoms with Crippen LogP contribution in [0.4, 0.5) is 0 Å². The molecule has 2 heterocycles. The van der Waals surface area contributed by atoms with Crippen LogP contribution in [0.2, 0.25) is 0 Å². The number of rotatable bonds is 16. The van der Waals surface area contributed by atoms with Crippen LogP contribution >= 0.6 is 0 Å². The second-order valence-electron chi connectivity index (χ2n) is 10.7. The molecule has 0 aromatic carbocycles. The van der Waals surface area contributed by atoms with Crippen molar-refractivity contribution in [2.45, 2.75) is 110 Å². The van der Waals surface area contributed by atoms with Gasteiger partial charge in [0.15, 0.2) is 12.6 Å². The summed E-state index contributed by atoms with van der Waals surface area (Å²) in [6, 6.07) is 0. The van der Waals surface area contributed by atoms with Gasteiger partial charge in [-0.15, -0.1) is 0 Å². The van der Waals surface area contributed by atoms with Gasteiger partial charge in [0.25, 0.3) is 0 Å². The third-order valence-electron chi connectivity index (χ3n) is 7.18. The molecule has 25 heteroatoms. The van der Waals surface area contributed by atoms with Crippen molar-refractivity contribution in [1.29, 1.82) is 0 Å². The van der Waals surface area contributed by atoms with Gasteiger partial charge in [-0.25, -0.2) is 0 Å². The van der Waals surface area contributed by atoms with E-state index in [0.29, 0.717) is 0 Å². The predicted octanol–water partition coefficient (Wildman–Crippen LogP) is -14.4. The molecule has 2 aliphatic rings. The number of hydrogen-bond acceptors (Lipinski definition) is 24. The first-order chi connectivity index (χ1) is 22.2. The van der Waals surface area contributed by atoms with Crippen molar-refractivity contribution >= 4 is 49.7 Å². The topological polar surface area (TPSA) is 441 Å². The molecule has 0 unspecified atom stereocenters. The zero-order valence-corrected chi connectivity index (χ0v) is 27.6. The van der Waals surface area contributed by atoms with Crippen LogP contribution in [0.25, 0.3) is 0 Å². The molecule has 0 saturated carbocycles. The molecule has 2 fully saturated rings. The Morgan fingerprint density at radius 2 is 0.816 bits per heavy atom. The maximum absolute atomic E-state index is 10.4. The predicted molar refractivity (Wildman–Crippen MR) is 143 cm³/mol. The monoisotopic (exact) mass is 754 g/mol. The summed E-state index contributed by atoms with van der Waals surface area (Å²) in [6.45, 7) is -3.01. The molecule has 0 aromatic rings. The molecule has 18 atom stereocenters. The van der Waals surface area contributed by atoms with Gasteiger partial charge in [0.2, 0.25) is 0 Å². The molecule has 0 bridgehead atoms. The van der Waals surface area contributed by atoms with Crippen molar-refractivity contribution in [2.75, 3.05) is 26.4 Å². The second kappa shape index (κ2) is 22.5. The molecule has 2 rings (SSSR count). The number of carbonyl (C=O) groups excluding carboxylic acids is 2. The van der Waals surface area contributed by atoms with E-state index in [1.54, 1.807) is 0 Å². The molecule has 0 aliphatic carbocycles. The summed E-state index contributed by atoms with van der Waals surface area (Å²) < 4.78 is 19.7. The number of carboxylic acids is 2. The number of ether oxygens (including phenoxy) is 4. The van der Waals surface area contributed by atoms with E-state index in [9.17, 15) is 81.1 Å². The minimum Gasteiger partial charge on any atom is -0.547 e. The Bertz CT molecular complexity index is 888. The maximum Gasteiger partial charge on any atom is 2.00 e. The zero-order chi connectivity index (χ0) is 37.2. The SMILES string of the molecule is O=C([O-])[C@H](O)[C@@H](O)[C@H](O)[C@H](O)CO[C@H]1O[C@H](CO)[C@@H](O)[C@H](O)[C@H]1O.O=C([O-])[C@H](O)[C@@H](O)[C@H](O)[C@H](O)CO[C@H]1O[C@H](CO)[C@@H](O)[C@H](O)[C@H]1O.[Ca+2]. The smallest absolute Gasteiger partial charge is 0.547 e. The largest absolute Gasteiger partial charge is 2.00 e. The minimum atomic E-state index is -2.46. The first-order valence-corrected chi connectivity index (χ1v) is 13.9. The third-order valence-corrected chi connectivity index (χ3v) is 7.18. The van der Waals surface area contributed by atoms with Crippen LogP contribution in [0.1, 0.15) is 0 Å². The van der Waals surface area contributed by atoms with Crippen LogP contribution in [-0.4, -0.2) is 268 Å². The van der Waals surface area contributed by atoms with Crippen LogP contribution < -0.4 is 10.2 Å². The summed E-state index contributed by atoms with van der Waals surface area (Å²) >= 11 is 0. The van der Waals surface area contributed by atoms with E-state index >= 15 is 0 Å². The summed E-state index contributed by atoms with van der Waals surface area (Å²) in [5.41, 5.74) is 0. The van der Waals surface area contributed by atoms with Gasteiger partial charge in [-0.2, -0.15) is 0 Å². The summed E-state index contributed by atoms with van der Waals surface area (Å²) in [6.07, 6.45) is -33.4. The van der Waals surface area contributed by atoms with Gasteiger partial charge in [0.05, 0.1) is 38.4 Å². The quantitative estimate of drug-likeness (QED) is 0.0650. The number of carboxylic acid groups (broad SMARTS) is 2. The van der Waals surface area contributed by atoms with E-state index in [1.165, 1.54) is 0 Å². The van der Waals surface area contributed by atoms with Crippen molar-refractivity contribution in [1.82, 2.24) is 0 Å². The van der Waals surface area contributed by atoms with E-state index in [4.69, 9.17) is 39.4 Å². The normalized spacial score (nSPS) is 35.2. The van der Waals surface area contributed by atoms with Crippen LogP contribution in [0.3, 0.4) is 0 Å². The van der Waals surface area contributed by atoms with Crippen molar-refractivity contribution < 1.29 is 120 Å². The van der Waals surface area contributed by atoms with Gasteiger partial charge in [0.1, 0.15) is 97.7 Å². The molecule has 24 nitrogen and oxygen atoms in total. The fourth-order valence-electron chi connectivity index (χ4n) is 4.10. The van der Waals surface area contributed by atoms with E-state index < -0.39 is 149 Å².